The van der Waals surface area contributed by atoms with Gasteiger partial charge in [-0.1, -0.05) is 123 Å². The Kier molecular flexibility index (Phi) is 25.4. The minimum absolute atomic E-state index is 0.210. The molecular formula is C79H102N4O13. The SMILES string of the molecule is COC(=O)c1ccc(NC(=O)c2ccc(NC(=O)c3cc(C(C)(C)C)cc4c3Oc3c(C(=O)Nc5ccc(C(=O)Nc6ccc(C(=O)OC)cc6OCCCC(C)C)cc5OCCCC(C)C)cc(C(C)(C)C)cc3C4(C)C)c(OCCCC(C)C)c2)c(OCCCC(C)C)c1. The molecule has 7 rings (SSSR count). The number of nitrogens with one attached hydrogen (secondary N) is 4. The van der Waals surface area contributed by atoms with Gasteiger partial charge in [-0.05, 0) is 182 Å². The molecule has 0 atom stereocenters. The summed E-state index contributed by atoms with van der Waals surface area (Å²) in [6.45, 7) is 35.0. The topological polar surface area (TPSA) is 215 Å². The number of fused-ring (bicyclic) bond motifs is 2. The summed E-state index contributed by atoms with van der Waals surface area (Å²) in [6, 6.07) is 27.0. The summed E-state index contributed by atoms with van der Waals surface area (Å²) in [4.78, 5) is 84.6. The Bertz CT molecular complexity index is 3530. The van der Waals surface area contributed by atoms with Crippen molar-refractivity contribution < 1.29 is 61.9 Å². The van der Waals surface area contributed by atoms with Gasteiger partial charge >= 0.3 is 11.9 Å². The Hall–Kier alpha value is -8.86. The van der Waals surface area contributed by atoms with Crippen LogP contribution >= 0.6 is 0 Å². The smallest absolute Gasteiger partial charge is 0.337 e. The molecule has 4 amide bonds. The van der Waals surface area contributed by atoms with Gasteiger partial charge in [-0.2, -0.15) is 0 Å². The molecule has 0 bridgehead atoms. The molecule has 1 heterocycles. The second-order valence-electron chi connectivity index (χ2n) is 29.2. The van der Waals surface area contributed by atoms with Crippen LogP contribution in [0.15, 0.2) is 97.1 Å². The van der Waals surface area contributed by atoms with Crippen LogP contribution in [0.4, 0.5) is 22.7 Å². The summed E-state index contributed by atoms with van der Waals surface area (Å²) in [5.41, 5.74) is 4.25. The fourth-order valence-electron chi connectivity index (χ4n) is 11.1. The molecule has 0 saturated carbocycles. The molecule has 0 saturated heterocycles. The summed E-state index contributed by atoms with van der Waals surface area (Å²) in [5.74, 6) is 0.378. The Morgan fingerprint density at radius 1 is 0.396 bits per heavy atom. The molecule has 1 aliphatic rings. The third kappa shape index (κ3) is 19.7. The molecule has 17 heteroatoms. The van der Waals surface area contributed by atoms with Gasteiger partial charge in [0.1, 0.15) is 34.5 Å². The summed E-state index contributed by atoms with van der Waals surface area (Å²) in [5, 5.41) is 12.2. The molecule has 0 radical (unpaired) electrons. The van der Waals surface area contributed by atoms with Crippen LogP contribution in [0.1, 0.15) is 247 Å². The van der Waals surface area contributed by atoms with Crippen molar-refractivity contribution in [2.75, 3.05) is 61.9 Å². The van der Waals surface area contributed by atoms with E-state index in [1.165, 1.54) is 14.2 Å². The fourth-order valence-corrected chi connectivity index (χ4v) is 11.1. The summed E-state index contributed by atoms with van der Waals surface area (Å²) in [7, 11) is 2.61. The lowest BCUT2D eigenvalue weighted by molar-refractivity contribution is 0.0591. The lowest BCUT2D eigenvalue weighted by Gasteiger charge is -2.38. The number of esters is 2. The Morgan fingerprint density at radius 2 is 0.667 bits per heavy atom. The van der Waals surface area contributed by atoms with Gasteiger partial charge in [-0.15, -0.1) is 0 Å². The molecule has 1 aliphatic heterocycles. The van der Waals surface area contributed by atoms with E-state index < -0.39 is 51.8 Å². The van der Waals surface area contributed by atoms with Crippen LogP contribution in [0.2, 0.25) is 0 Å². The van der Waals surface area contributed by atoms with E-state index in [2.05, 4.69) is 144 Å². The second-order valence-corrected chi connectivity index (χ2v) is 29.2. The van der Waals surface area contributed by atoms with Crippen LogP contribution < -0.4 is 45.0 Å². The van der Waals surface area contributed by atoms with E-state index in [0.29, 0.717) is 97.2 Å². The molecule has 96 heavy (non-hydrogen) atoms. The highest BCUT2D eigenvalue weighted by atomic mass is 16.5. The maximum atomic E-state index is 15.4. The molecule has 4 N–H and O–H groups in total. The number of methoxy groups -OCH3 is 2. The lowest BCUT2D eigenvalue weighted by atomic mass is 9.70. The maximum Gasteiger partial charge on any atom is 0.337 e. The van der Waals surface area contributed by atoms with E-state index in [1.54, 1.807) is 72.8 Å². The summed E-state index contributed by atoms with van der Waals surface area (Å²) in [6.07, 6.45) is 6.59. The first kappa shape index (κ1) is 74.5. The fraction of sp³-hybridized carbons (Fsp3) is 0.468. The van der Waals surface area contributed by atoms with Gasteiger partial charge in [-0.25, -0.2) is 9.59 Å². The predicted molar refractivity (Wildman–Crippen MR) is 381 cm³/mol. The zero-order valence-corrected chi connectivity index (χ0v) is 59.8. The monoisotopic (exact) mass is 1310 g/mol. The third-order valence-corrected chi connectivity index (χ3v) is 17.0. The molecule has 516 valence electrons. The van der Waals surface area contributed by atoms with Gasteiger partial charge in [0.2, 0.25) is 0 Å². The van der Waals surface area contributed by atoms with Crippen LogP contribution in [0.25, 0.3) is 0 Å². The van der Waals surface area contributed by atoms with Crippen LogP contribution in [-0.2, 0) is 25.7 Å². The van der Waals surface area contributed by atoms with Crippen molar-refractivity contribution in [1.82, 2.24) is 0 Å². The van der Waals surface area contributed by atoms with Gasteiger partial charge < -0.3 is 54.4 Å². The van der Waals surface area contributed by atoms with Gasteiger partial charge in [0.05, 0.1) is 85.7 Å². The van der Waals surface area contributed by atoms with Crippen molar-refractivity contribution in [3.8, 4) is 34.5 Å². The van der Waals surface area contributed by atoms with Crippen molar-refractivity contribution in [1.29, 1.82) is 0 Å². The van der Waals surface area contributed by atoms with Crippen molar-refractivity contribution in [3.63, 3.8) is 0 Å². The molecule has 0 unspecified atom stereocenters. The van der Waals surface area contributed by atoms with Crippen LogP contribution in [0.5, 0.6) is 34.5 Å². The van der Waals surface area contributed by atoms with Crippen molar-refractivity contribution in [2.24, 2.45) is 23.7 Å². The van der Waals surface area contributed by atoms with E-state index in [1.807, 2.05) is 12.1 Å². The number of benzene rings is 6. The molecule has 0 aromatic heterocycles. The van der Waals surface area contributed by atoms with Crippen molar-refractivity contribution in [2.45, 2.75) is 178 Å². The van der Waals surface area contributed by atoms with E-state index in [-0.39, 0.29) is 56.4 Å². The van der Waals surface area contributed by atoms with Crippen molar-refractivity contribution in [3.05, 3.63) is 153 Å². The quantitative estimate of drug-likeness (QED) is 0.0244. The largest absolute Gasteiger partial charge is 0.491 e. The molecule has 6 aromatic carbocycles. The first-order valence-electron chi connectivity index (χ1n) is 33.8. The molecule has 0 fully saturated rings. The van der Waals surface area contributed by atoms with Crippen LogP contribution in [0.3, 0.4) is 0 Å². The van der Waals surface area contributed by atoms with E-state index in [0.717, 1.165) is 60.8 Å². The van der Waals surface area contributed by atoms with Crippen LogP contribution in [0, 0.1) is 23.7 Å². The third-order valence-electron chi connectivity index (χ3n) is 17.0. The molecule has 0 spiro atoms. The number of amides is 4. The number of rotatable bonds is 30. The first-order valence-corrected chi connectivity index (χ1v) is 33.8. The minimum atomic E-state index is -0.855. The van der Waals surface area contributed by atoms with Gasteiger partial charge in [0.15, 0.2) is 0 Å². The first-order chi connectivity index (χ1) is 45.3. The summed E-state index contributed by atoms with van der Waals surface area (Å²) >= 11 is 0. The van der Waals surface area contributed by atoms with Gasteiger partial charge in [0, 0.05) is 27.7 Å². The molecule has 17 nitrogen and oxygen atoms in total. The lowest BCUT2D eigenvalue weighted by Crippen LogP contribution is -2.30. The van der Waals surface area contributed by atoms with Crippen LogP contribution in [-0.4, -0.2) is 76.2 Å². The molecular weight excluding hydrogens is 1210 g/mol. The number of carbonyl (C=O) groups excluding carboxylic acids is 6. The standard InChI is InChI=1S/C79H102N4O13/c1-47(2)23-19-35-92-65-39-51(71(84)80-61-33-29-53(75(88)90-17)41-67(61)94-37-21-25-49(5)6)27-31-63(65)82-73(86)57-43-55(77(9,10)11)45-59-69(57)96-70-58(44-56(78(12,13)14)46-60(70)79(59,15)16)74(87)83-64-32-28-52(40-66(64)93-36-20-24-48(3)4)72(85)81-62-34-30-54(76(89)91-18)42-68(62)95-38-22-26-50(7)8/h27-34,39-50H,19-26,35-38H2,1-18H3,(H,80,84)(H,81,85)(H,82,86)(H,83,87). The molecule has 6 aromatic rings. The molecule has 0 aliphatic carbocycles. The Balaban J connectivity index is 1.26. The number of anilines is 4. The van der Waals surface area contributed by atoms with Crippen molar-refractivity contribution >= 4 is 58.3 Å². The number of hydrogen-bond acceptors (Lipinski definition) is 13. The highest BCUT2D eigenvalue weighted by molar-refractivity contribution is 6.11. The number of hydrogen-bond donors (Lipinski definition) is 4. The Morgan fingerprint density at radius 3 is 0.938 bits per heavy atom. The second kappa shape index (κ2) is 32.7. The normalized spacial score (nSPS) is 12.5. The minimum Gasteiger partial charge on any atom is -0.491 e. The van der Waals surface area contributed by atoms with Gasteiger partial charge in [0.25, 0.3) is 23.6 Å². The number of ether oxygens (including phenoxy) is 7. The summed E-state index contributed by atoms with van der Waals surface area (Å²) < 4.78 is 42.3. The predicted octanol–water partition coefficient (Wildman–Crippen LogP) is 18.6. The number of carbonyl (C=O) groups is 6. The zero-order chi connectivity index (χ0) is 70.4. The van der Waals surface area contributed by atoms with Gasteiger partial charge in [-0.3, -0.25) is 19.2 Å². The van der Waals surface area contributed by atoms with E-state index >= 15 is 9.59 Å². The van der Waals surface area contributed by atoms with E-state index in [4.69, 9.17) is 33.2 Å². The average molecular weight is 1320 g/mol. The zero-order valence-electron chi connectivity index (χ0n) is 59.8. The highest BCUT2D eigenvalue weighted by Crippen LogP contribution is 2.53. The maximum absolute atomic E-state index is 15.4. The van der Waals surface area contributed by atoms with E-state index in [9.17, 15) is 19.2 Å². The average Bonchev–Trinajstić information content (AvgIpc) is 0.719. The highest BCUT2D eigenvalue weighted by Gasteiger charge is 2.41. The Labute approximate surface area is 568 Å².